The first-order valence-electron chi connectivity index (χ1n) is 6.51. The number of nitrogens with zero attached hydrogens (tertiary/aromatic N) is 3. The Morgan fingerprint density at radius 1 is 1.18 bits per heavy atom. The molecule has 0 aliphatic rings. The summed E-state index contributed by atoms with van der Waals surface area (Å²) >= 11 is 3.70. The second-order valence-electron chi connectivity index (χ2n) is 5.00. The zero-order valence-electron chi connectivity index (χ0n) is 11.5. The molecule has 1 aromatic heterocycles. The van der Waals surface area contributed by atoms with Gasteiger partial charge < -0.3 is 0 Å². The normalized spacial score (nSPS) is 12.1. The summed E-state index contributed by atoms with van der Waals surface area (Å²) in [6.45, 7) is 9.49. The largest absolute Gasteiger partial charge is 0.250 e. The van der Waals surface area contributed by atoms with Crippen molar-refractivity contribution < 1.29 is 0 Å². The van der Waals surface area contributed by atoms with Gasteiger partial charge >= 0.3 is 0 Å². The highest BCUT2D eigenvalue weighted by atomic mass is 79.9. The number of hydrogen-bond donors (Lipinski definition) is 0. The Kier molecular flexibility index (Phi) is 5.63. The predicted octanol–water partition coefficient (Wildman–Crippen LogP) is 3.88. The maximum absolute atomic E-state index is 4.49. The molecule has 0 aliphatic heterocycles. The van der Waals surface area contributed by atoms with Gasteiger partial charge in [-0.15, -0.1) is 0 Å². The number of hydrogen-bond acceptors (Lipinski definition) is 2. The van der Waals surface area contributed by atoms with E-state index in [1.54, 1.807) is 0 Å². The number of aromatic nitrogens is 3. The molecular weight excluding hydrogens is 278 g/mol. The van der Waals surface area contributed by atoms with Crippen LogP contribution in [0.3, 0.4) is 0 Å². The second kappa shape index (κ2) is 6.53. The van der Waals surface area contributed by atoms with Crippen LogP contribution >= 0.6 is 15.9 Å². The lowest BCUT2D eigenvalue weighted by atomic mass is 9.81. The van der Waals surface area contributed by atoms with E-state index in [2.05, 4.69) is 44.5 Å². The fourth-order valence-corrected chi connectivity index (χ4v) is 3.29. The second-order valence-corrected chi connectivity index (χ2v) is 5.56. The van der Waals surface area contributed by atoms with Crippen LogP contribution in [0.15, 0.2) is 0 Å². The van der Waals surface area contributed by atoms with Crippen LogP contribution in [0.25, 0.3) is 0 Å². The molecule has 1 heterocycles. The fraction of sp³-hybridized carbons (Fsp3) is 0.846. The molecular formula is C13H24BrN3. The van der Waals surface area contributed by atoms with Crippen LogP contribution in [0.1, 0.15) is 51.2 Å². The van der Waals surface area contributed by atoms with Gasteiger partial charge in [0.2, 0.25) is 0 Å². The lowest BCUT2D eigenvalue weighted by Gasteiger charge is -2.31. The van der Waals surface area contributed by atoms with Crippen molar-refractivity contribution in [2.45, 2.75) is 59.9 Å². The summed E-state index contributed by atoms with van der Waals surface area (Å²) in [6.07, 6.45) is 4.92. The van der Waals surface area contributed by atoms with Crippen LogP contribution in [0.4, 0.5) is 0 Å². The Balaban J connectivity index is 2.87. The van der Waals surface area contributed by atoms with E-state index in [4.69, 9.17) is 0 Å². The molecule has 3 nitrogen and oxygen atoms in total. The van der Waals surface area contributed by atoms with Crippen molar-refractivity contribution >= 4 is 15.9 Å². The van der Waals surface area contributed by atoms with E-state index >= 15 is 0 Å². The summed E-state index contributed by atoms with van der Waals surface area (Å²) in [7, 11) is 0. The van der Waals surface area contributed by atoms with Gasteiger partial charge in [-0.1, -0.05) is 42.6 Å². The van der Waals surface area contributed by atoms with Crippen LogP contribution in [0, 0.1) is 19.3 Å². The molecule has 0 saturated heterocycles. The molecule has 0 N–H and O–H groups in total. The smallest absolute Gasteiger partial charge is 0.147 e. The SMILES string of the molecule is CCCC(CBr)(CCC)Cn1nc(C)nc1C. The Labute approximate surface area is 113 Å². The summed E-state index contributed by atoms with van der Waals surface area (Å²) in [4.78, 5) is 4.39. The number of halogens is 1. The first kappa shape index (κ1) is 14.7. The monoisotopic (exact) mass is 301 g/mol. The lowest BCUT2D eigenvalue weighted by molar-refractivity contribution is 0.220. The van der Waals surface area contributed by atoms with Gasteiger partial charge in [-0.05, 0) is 32.1 Å². The Hall–Kier alpha value is -0.380. The summed E-state index contributed by atoms with van der Waals surface area (Å²) < 4.78 is 2.07. The van der Waals surface area contributed by atoms with Crippen molar-refractivity contribution in [3.8, 4) is 0 Å². The molecule has 4 heteroatoms. The van der Waals surface area contributed by atoms with E-state index < -0.39 is 0 Å². The first-order valence-corrected chi connectivity index (χ1v) is 7.63. The maximum atomic E-state index is 4.49. The minimum atomic E-state index is 0.328. The average Bonchev–Trinajstić information content (AvgIpc) is 2.58. The molecule has 98 valence electrons. The molecule has 0 aromatic carbocycles. The summed E-state index contributed by atoms with van der Waals surface area (Å²) in [5.74, 6) is 1.90. The fourth-order valence-electron chi connectivity index (χ4n) is 2.55. The van der Waals surface area contributed by atoms with Gasteiger partial charge in [0.1, 0.15) is 11.6 Å². The number of alkyl halides is 1. The quantitative estimate of drug-likeness (QED) is 0.716. The van der Waals surface area contributed by atoms with Gasteiger partial charge in [-0.2, -0.15) is 5.10 Å². The topological polar surface area (TPSA) is 30.7 Å². The third-order valence-electron chi connectivity index (χ3n) is 3.29. The van der Waals surface area contributed by atoms with E-state index in [1.165, 1.54) is 25.7 Å². The standard InChI is InChI=1S/C13H24BrN3/c1-5-7-13(9-14,8-6-2)10-17-12(4)15-11(3)16-17/h5-10H2,1-4H3. The molecule has 17 heavy (non-hydrogen) atoms. The molecule has 0 radical (unpaired) electrons. The maximum Gasteiger partial charge on any atom is 0.147 e. The molecule has 0 unspecified atom stereocenters. The van der Waals surface area contributed by atoms with Crippen LogP contribution in [-0.4, -0.2) is 20.1 Å². The molecule has 0 bridgehead atoms. The van der Waals surface area contributed by atoms with E-state index in [0.717, 1.165) is 23.5 Å². The zero-order valence-corrected chi connectivity index (χ0v) is 13.0. The number of rotatable bonds is 7. The van der Waals surface area contributed by atoms with Crippen molar-refractivity contribution in [2.75, 3.05) is 5.33 Å². The zero-order chi connectivity index (χ0) is 12.9. The molecule has 0 amide bonds. The third-order valence-corrected chi connectivity index (χ3v) is 4.48. The van der Waals surface area contributed by atoms with E-state index in [0.29, 0.717) is 5.41 Å². The minimum Gasteiger partial charge on any atom is -0.250 e. The molecule has 1 rings (SSSR count). The van der Waals surface area contributed by atoms with E-state index in [9.17, 15) is 0 Å². The van der Waals surface area contributed by atoms with Crippen LogP contribution < -0.4 is 0 Å². The Morgan fingerprint density at radius 2 is 1.76 bits per heavy atom. The van der Waals surface area contributed by atoms with Gasteiger partial charge in [0.15, 0.2) is 0 Å². The van der Waals surface area contributed by atoms with E-state index in [1.807, 2.05) is 13.8 Å². The molecule has 0 atom stereocenters. The average molecular weight is 302 g/mol. The number of aryl methyl sites for hydroxylation is 2. The predicted molar refractivity (Wildman–Crippen MR) is 75.5 cm³/mol. The van der Waals surface area contributed by atoms with Crippen LogP contribution in [-0.2, 0) is 6.54 Å². The Bertz CT molecular complexity index is 340. The molecule has 0 spiro atoms. The van der Waals surface area contributed by atoms with Crippen molar-refractivity contribution in [3.63, 3.8) is 0 Å². The molecule has 0 saturated carbocycles. The minimum absolute atomic E-state index is 0.328. The lowest BCUT2D eigenvalue weighted by Crippen LogP contribution is -2.29. The van der Waals surface area contributed by atoms with Gasteiger partial charge in [-0.3, -0.25) is 0 Å². The highest BCUT2D eigenvalue weighted by molar-refractivity contribution is 9.09. The highest BCUT2D eigenvalue weighted by Gasteiger charge is 2.28. The van der Waals surface area contributed by atoms with Crippen molar-refractivity contribution in [1.29, 1.82) is 0 Å². The van der Waals surface area contributed by atoms with E-state index in [-0.39, 0.29) is 0 Å². The van der Waals surface area contributed by atoms with Crippen LogP contribution in [0.2, 0.25) is 0 Å². The van der Waals surface area contributed by atoms with Crippen molar-refractivity contribution in [1.82, 2.24) is 14.8 Å². The first-order chi connectivity index (χ1) is 8.06. The van der Waals surface area contributed by atoms with Gasteiger partial charge in [0.05, 0.1) is 0 Å². The van der Waals surface area contributed by atoms with Crippen molar-refractivity contribution in [3.05, 3.63) is 11.6 Å². The third kappa shape index (κ3) is 3.80. The Morgan fingerprint density at radius 3 is 2.12 bits per heavy atom. The highest BCUT2D eigenvalue weighted by Crippen LogP contribution is 2.34. The van der Waals surface area contributed by atoms with Crippen molar-refractivity contribution in [2.24, 2.45) is 5.41 Å². The molecule has 0 fully saturated rings. The summed E-state index contributed by atoms with van der Waals surface area (Å²) in [6, 6.07) is 0. The molecule has 1 aromatic rings. The van der Waals surface area contributed by atoms with Gasteiger partial charge in [-0.25, -0.2) is 9.67 Å². The van der Waals surface area contributed by atoms with Gasteiger partial charge in [0.25, 0.3) is 0 Å². The summed E-state index contributed by atoms with van der Waals surface area (Å²) in [5, 5.41) is 5.53. The molecule has 0 aliphatic carbocycles. The van der Waals surface area contributed by atoms with Crippen LogP contribution in [0.5, 0.6) is 0 Å². The van der Waals surface area contributed by atoms with Gasteiger partial charge in [0, 0.05) is 11.9 Å². The summed E-state index contributed by atoms with van der Waals surface area (Å²) in [5.41, 5.74) is 0.328.